The highest BCUT2D eigenvalue weighted by molar-refractivity contribution is 5.75. The molecule has 0 aromatic carbocycles. The number of aromatic nitrogens is 5. The van der Waals surface area contributed by atoms with Gasteiger partial charge in [-0.1, -0.05) is 6.08 Å². The number of aryl methyl sites for hydroxylation is 1. The average molecular weight is 584 g/mol. The van der Waals surface area contributed by atoms with E-state index in [1.165, 1.54) is 0 Å². The molecule has 5 aromatic heterocycles. The average Bonchev–Trinajstić information content (AvgIpc) is 3.80. The van der Waals surface area contributed by atoms with Crippen LogP contribution in [0.5, 0.6) is 0 Å². The van der Waals surface area contributed by atoms with Gasteiger partial charge in [0.1, 0.15) is 12.1 Å². The number of nitrogens with one attached hydrogen (secondary N) is 4. The first-order valence-electron chi connectivity index (χ1n) is 15.1. The molecule has 0 saturated carbocycles. The minimum atomic E-state index is -0.409. The van der Waals surface area contributed by atoms with Crippen LogP contribution in [0.25, 0.3) is 12.2 Å². The molecule has 6 rings (SSSR count). The van der Waals surface area contributed by atoms with Crippen molar-refractivity contribution in [3.05, 3.63) is 117 Å². The lowest BCUT2D eigenvalue weighted by Gasteiger charge is -2.28. The second-order valence-electron chi connectivity index (χ2n) is 14.3. The molecule has 0 fully saturated rings. The zero-order valence-corrected chi connectivity index (χ0v) is 27.1. The number of nitriles is 2. The molecule has 0 saturated heterocycles. The molecule has 0 aliphatic carbocycles. The van der Waals surface area contributed by atoms with E-state index in [1.807, 2.05) is 17.7 Å². The van der Waals surface area contributed by atoms with Crippen molar-refractivity contribution in [2.75, 3.05) is 0 Å². The summed E-state index contributed by atoms with van der Waals surface area (Å²) in [7, 11) is 1.87. The van der Waals surface area contributed by atoms with E-state index in [1.54, 1.807) is 6.20 Å². The van der Waals surface area contributed by atoms with Crippen molar-refractivity contribution in [1.29, 1.82) is 10.5 Å². The molecule has 8 bridgehead atoms. The first kappa shape index (κ1) is 29.2. The van der Waals surface area contributed by atoms with E-state index in [4.69, 9.17) is 0 Å². The molecule has 0 radical (unpaired) electrons. The van der Waals surface area contributed by atoms with Gasteiger partial charge in [-0.2, -0.15) is 10.5 Å². The van der Waals surface area contributed by atoms with Crippen LogP contribution in [0.2, 0.25) is 0 Å². The van der Waals surface area contributed by atoms with Gasteiger partial charge in [-0.25, -0.2) is 0 Å². The van der Waals surface area contributed by atoms with Crippen LogP contribution in [-0.4, -0.2) is 24.5 Å². The molecule has 1 aliphatic rings. The van der Waals surface area contributed by atoms with E-state index in [0.717, 1.165) is 51.1 Å². The molecular formula is C37H41N7. The third-order valence-electron chi connectivity index (χ3n) is 10.1. The largest absolute Gasteiger partial charge is 0.361 e. The Morgan fingerprint density at radius 3 is 1.45 bits per heavy atom. The number of aromatic amines is 4. The standard InChI is InChI=1S/C37H41N7/c1-34(2)26-12-13-27(40-26)35(3,4)29-16-17-31(42-29)37(7,8)33-22(10-11-25-24(20-39)23(19-38)21-44(25)9)18-32(43-33)36(5,6)30-15-14-28(34)41-30/h10-18,21,40-43H,1-9H3/b11-10+. The zero-order valence-electron chi connectivity index (χ0n) is 27.1. The smallest absolute Gasteiger partial charge is 0.103 e. The maximum Gasteiger partial charge on any atom is 0.103 e. The van der Waals surface area contributed by atoms with E-state index < -0.39 is 5.41 Å². The van der Waals surface area contributed by atoms with Crippen LogP contribution in [0.4, 0.5) is 0 Å². The number of H-pyrrole nitrogens is 4. The molecule has 4 N–H and O–H groups in total. The Kier molecular flexibility index (Phi) is 6.35. The summed E-state index contributed by atoms with van der Waals surface area (Å²) >= 11 is 0. The first-order valence-corrected chi connectivity index (χ1v) is 15.1. The molecule has 0 unspecified atom stereocenters. The van der Waals surface area contributed by atoms with Crippen LogP contribution in [0.15, 0.2) is 48.7 Å². The van der Waals surface area contributed by atoms with Gasteiger partial charge in [0.05, 0.1) is 16.8 Å². The monoisotopic (exact) mass is 583 g/mol. The fourth-order valence-corrected chi connectivity index (χ4v) is 6.61. The predicted molar refractivity (Wildman–Crippen MR) is 175 cm³/mol. The molecule has 5 aromatic rings. The highest BCUT2D eigenvalue weighted by Gasteiger charge is 2.37. The van der Waals surface area contributed by atoms with Crippen molar-refractivity contribution < 1.29 is 0 Å². The van der Waals surface area contributed by atoms with Gasteiger partial charge in [0, 0.05) is 80.5 Å². The molecular weight excluding hydrogens is 542 g/mol. The van der Waals surface area contributed by atoms with E-state index in [0.29, 0.717) is 16.8 Å². The second-order valence-corrected chi connectivity index (χ2v) is 14.3. The lowest BCUT2D eigenvalue weighted by Crippen LogP contribution is -2.26. The molecule has 224 valence electrons. The van der Waals surface area contributed by atoms with E-state index in [-0.39, 0.29) is 16.2 Å². The van der Waals surface area contributed by atoms with Crippen molar-refractivity contribution in [3.63, 3.8) is 0 Å². The number of fused-ring (bicyclic) bond motifs is 8. The van der Waals surface area contributed by atoms with Gasteiger partial charge in [-0.15, -0.1) is 0 Å². The van der Waals surface area contributed by atoms with E-state index >= 15 is 0 Å². The van der Waals surface area contributed by atoms with Crippen LogP contribution in [-0.2, 0) is 28.7 Å². The summed E-state index contributed by atoms with van der Waals surface area (Å²) < 4.78 is 1.84. The van der Waals surface area contributed by atoms with Crippen LogP contribution in [0, 0.1) is 22.7 Å². The van der Waals surface area contributed by atoms with E-state index in [9.17, 15) is 10.5 Å². The SMILES string of the molecule is Cn1cc(C#N)c(C#N)c1/C=C/c1cc2[nH]c1C(C)(C)c1ccc([nH]1)C(C)(C)c1ccc([nH]1)C(C)(C)c1ccc([nH]1)C2(C)C. The first-order chi connectivity index (χ1) is 20.6. The molecule has 7 heteroatoms. The highest BCUT2D eigenvalue weighted by Crippen LogP contribution is 2.42. The fraction of sp³-hybridized carbons (Fsp3) is 0.351. The Morgan fingerprint density at radius 2 is 1.02 bits per heavy atom. The number of hydrogen-bond acceptors (Lipinski definition) is 2. The van der Waals surface area contributed by atoms with Gasteiger partial charge in [-0.3, -0.25) is 0 Å². The van der Waals surface area contributed by atoms with Crippen molar-refractivity contribution in [2.24, 2.45) is 7.05 Å². The lowest BCUT2D eigenvalue weighted by molar-refractivity contribution is 0.545. The van der Waals surface area contributed by atoms with Crippen molar-refractivity contribution in [1.82, 2.24) is 24.5 Å². The zero-order chi connectivity index (χ0) is 31.8. The Labute approximate surface area is 259 Å². The van der Waals surface area contributed by atoms with Gasteiger partial charge < -0.3 is 24.5 Å². The van der Waals surface area contributed by atoms with Gasteiger partial charge in [0.25, 0.3) is 0 Å². The summed E-state index contributed by atoms with van der Waals surface area (Å²) in [4.78, 5) is 15.2. The summed E-state index contributed by atoms with van der Waals surface area (Å²) in [5.74, 6) is 0. The number of nitrogens with zero attached hydrogens (tertiary/aromatic N) is 3. The molecule has 1 aliphatic heterocycles. The third kappa shape index (κ3) is 4.22. The van der Waals surface area contributed by atoms with Crippen LogP contribution < -0.4 is 0 Å². The van der Waals surface area contributed by atoms with Gasteiger partial charge >= 0.3 is 0 Å². The summed E-state index contributed by atoms with van der Waals surface area (Å²) in [6.45, 7) is 17.9. The van der Waals surface area contributed by atoms with Crippen molar-refractivity contribution in [3.8, 4) is 12.1 Å². The summed E-state index contributed by atoms with van der Waals surface area (Å²) in [5, 5.41) is 19.4. The summed E-state index contributed by atoms with van der Waals surface area (Å²) in [6.07, 6.45) is 5.72. The Bertz CT molecular complexity index is 2010. The summed E-state index contributed by atoms with van der Waals surface area (Å²) in [6, 6.07) is 19.8. The maximum atomic E-state index is 9.83. The molecule has 6 heterocycles. The Balaban J connectivity index is 1.59. The topological polar surface area (TPSA) is 116 Å². The number of rotatable bonds is 2. The minimum absolute atomic E-state index is 0.257. The molecule has 44 heavy (non-hydrogen) atoms. The predicted octanol–water partition coefficient (Wildman–Crippen LogP) is 7.87. The van der Waals surface area contributed by atoms with Gasteiger partial charge in [0.15, 0.2) is 0 Å². The van der Waals surface area contributed by atoms with Crippen LogP contribution >= 0.6 is 0 Å². The maximum absolute atomic E-state index is 9.83. The van der Waals surface area contributed by atoms with Crippen molar-refractivity contribution in [2.45, 2.75) is 77.0 Å². The second kappa shape index (κ2) is 9.56. The van der Waals surface area contributed by atoms with Gasteiger partial charge in [-0.05, 0) is 109 Å². The Morgan fingerprint density at radius 1 is 0.591 bits per heavy atom. The minimum Gasteiger partial charge on any atom is -0.361 e. The van der Waals surface area contributed by atoms with E-state index in [2.05, 4.69) is 136 Å². The van der Waals surface area contributed by atoms with Crippen LogP contribution in [0.1, 0.15) is 123 Å². The van der Waals surface area contributed by atoms with Crippen molar-refractivity contribution >= 4 is 12.2 Å². The number of hydrogen-bond donors (Lipinski definition) is 4. The lowest BCUT2D eigenvalue weighted by atomic mass is 9.83. The molecule has 7 nitrogen and oxygen atoms in total. The third-order valence-corrected chi connectivity index (χ3v) is 10.1. The summed E-state index contributed by atoms with van der Waals surface area (Å²) in [5.41, 5.74) is 10.2. The highest BCUT2D eigenvalue weighted by atomic mass is 14.9. The normalized spacial score (nSPS) is 17.8. The fourth-order valence-electron chi connectivity index (χ4n) is 6.61. The molecule has 0 atom stereocenters. The van der Waals surface area contributed by atoms with Gasteiger partial charge in [0.2, 0.25) is 0 Å². The molecule has 0 spiro atoms. The van der Waals surface area contributed by atoms with Crippen LogP contribution in [0.3, 0.4) is 0 Å². The molecule has 0 amide bonds. The quantitative estimate of drug-likeness (QED) is 0.169. The Hall–Kier alpha value is -4.88.